The van der Waals surface area contributed by atoms with E-state index in [0.29, 0.717) is 17.4 Å². The van der Waals surface area contributed by atoms with Crippen molar-refractivity contribution >= 4 is 21.5 Å². The van der Waals surface area contributed by atoms with E-state index in [1.807, 2.05) is 17.7 Å². The first-order chi connectivity index (χ1) is 9.40. The predicted octanol–water partition coefficient (Wildman–Crippen LogP) is 2.52. The van der Waals surface area contributed by atoms with Crippen LogP contribution in [0.25, 0.3) is 0 Å². The highest BCUT2D eigenvalue weighted by atomic mass is 32.2. The van der Waals surface area contributed by atoms with Crippen LogP contribution in [0.4, 0.5) is 11.6 Å². The minimum Gasteiger partial charge on any atom is -0.326 e. The number of aromatic nitrogens is 2. The highest BCUT2D eigenvalue weighted by Crippen LogP contribution is 2.19. The van der Waals surface area contributed by atoms with Crippen molar-refractivity contribution in [2.45, 2.75) is 18.4 Å². The lowest BCUT2D eigenvalue weighted by atomic mass is 10.3. The predicted molar refractivity (Wildman–Crippen MR) is 80.0 cm³/mol. The second kappa shape index (κ2) is 5.50. The van der Waals surface area contributed by atoms with Gasteiger partial charge in [0.1, 0.15) is 0 Å². The molecule has 0 saturated carbocycles. The van der Waals surface area contributed by atoms with Crippen LogP contribution in [0.3, 0.4) is 0 Å². The van der Waals surface area contributed by atoms with Gasteiger partial charge in [0.2, 0.25) is 5.95 Å². The van der Waals surface area contributed by atoms with Gasteiger partial charge in [-0.15, -0.1) is 6.58 Å². The molecular formula is C14H17N3O2S. The zero-order valence-corrected chi connectivity index (χ0v) is 12.3. The number of hydrogen-bond donors (Lipinski definition) is 1. The molecule has 2 aromatic rings. The summed E-state index contributed by atoms with van der Waals surface area (Å²) in [4.78, 5) is 4.68. The third-order valence-electron chi connectivity index (χ3n) is 2.76. The molecule has 1 N–H and O–H groups in total. The fraction of sp³-hybridized carbons (Fsp3) is 0.214. The summed E-state index contributed by atoms with van der Waals surface area (Å²) < 4.78 is 24.7. The first kappa shape index (κ1) is 14.3. The van der Waals surface area contributed by atoms with E-state index in [9.17, 15) is 8.42 Å². The van der Waals surface area contributed by atoms with E-state index in [-0.39, 0.29) is 0 Å². The Morgan fingerprint density at radius 1 is 1.35 bits per heavy atom. The van der Waals surface area contributed by atoms with E-state index in [0.717, 1.165) is 11.4 Å². The van der Waals surface area contributed by atoms with Gasteiger partial charge < -0.3 is 9.88 Å². The molecule has 0 spiro atoms. The topological polar surface area (TPSA) is 64.0 Å². The monoisotopic (exact) mass is 291 g/mol. The Morgan fingerprint density at radius 2 is 2.00 bits per heavy atom. The molecule has 0 bridgehead atoms. The molecule has 0 amide bonds. The SMILES string of the molecule is C=CCn1cc(C)nc1Nc1ccc(S(C)(=O)=O)cc1. The lowest BCUT2D eigenvalue weighted by Crippen LogP contribution is -2.02. The zero-order valence-electron chi connectivity index (χ0n) is 11.5. The minimum atomic E-state index is -3.17. The summed E-state index contributed by atoms with van der Waals surface area (Å²) in [6, 6.07) is 6.59. The van der Waals surface area contributed by atoms with Crippen LogP contribution < -0.4 is 5.32 Å². The van der Waals surface area contributed by atoms with Crippen molar-refractivity contribution in [3.05, 3.63) is 48.8 Å². The van der Waals surface area contributed by atoms with Crippen molar-refractivity contribution < 1.29 is 8.42 Å². The molecule has 0 atom stereocenters. The number of anilines is 2. The smallest absolute Gasteiger partial charge is 0.207 e. The second-order valence-electron chi connectivity index (χ2n) is 4.57. The Balaban J connectivity index is 2.24. The Morgan fingerprint density at radius 3 is 2.55 bits per heavy atom. The van der Waals surface area contributed by atoms with Gasteiger partial charge >= 0.3 is 0 Å². The van der Waals surface area contributed by atoms with Gasteiger partial charge in [-0.05, 0) is 31.2 Å². The van der Waals surface area contributed by atoms with Gasteiger partial charge in [-0.3, -0.25) is 0 Å². The maximum Gasteiger partial charge on any atom is 0.207 e. The molecule has 1 aromatic carbocycles. The second-order valence-corrected chi connectivity index (χ2v) is 6.58. The number of aryl methyl sites for hydroxylation is 1. The number of hydrogen-bond acceptors (Lipinski definition) is 4. The summed E-state index contributed by atoms with van der Waals surface area (Å²) in [6.45, 7) is 6.28. The molecule has 0 aliphatic rings. The lowest BCUT2D eigenvalue weighted by molar-refractivity contribution is 0.602. The van der Waals surface area contributed by atoms with Crippen LogP contribution in [0.2, 0.25) is 0 Å². The lowest BCUT2D eigenvalue weighted by Gasteiger charge is -2.08. The summed E-state index contributed by atoms with van der Waals surface area (Å²) >= 11 is 0. The molecule has 0 saturated heterocycles. The maximum atomic E-state index is 11.4. The number of nitrogens with zero attached hydrogens (tertiary/aromatic N) is 2. The molecule has 0 fully saturated rings. The fourth-order valence-corrected chi connectivity index (χ4v) is 2.47. The third-order valence-corrected chi connectivity index (χ3v) is 3.89. The Hall–Kier alpha value is -2.08. The van der Waals surface area contributed by atoms with Crippen LogP contribution in [-0.2, 0) is 16.4 Å². The number of benzene rings is 1. The average Bonchev–Trinajstić information content (AvgIpc) is 2.69. The molecule has 20 heavy (non-hydrogen) atoms. The number of allylic oxidation sites excluding steroid dienone is 1. The molecule has 0 radical (unpaired) electrons. The van der Waals surface area contributed by atoms with Gasteiger partial charge in [-0.2, -0.15) is 0 Å². The van der Waals surface area contributed by atoms with E-state index in [1.54, 1.807) is 30.3 Å². The molecule has 0 aliphatic carbocycles. The number of nitrogens with one attached hydrogen (secondary N) is 1. The molecule has 5 nitrogen and oxygen atoms in total. The molecule has 1 aromatic heterocycles. The van der Waals surface area contributed by atoms with Crippen molar-refractivity contribution in [1.82, 2.24) is 9.55 Å². The highest BCUT2D eigenvalue weighted by molar-refractivity contribution is 7.90. The number of sulfone groups is 1. The summed E-state index contributed by atoms with van der Waals surface area (Å²) in [5.74, 6) is 0.703. The van der Waals surface area contributed by atoms with Crippen LogP contribution in [0.15, 0.2) is 48.0 Å². The fourth-order valence-electron chi connectivity index (χ4n) is 1.84. The van der Waals surface area contributed by atoms with Crippen molar-refractivity contribution in [2.75, 3.05) is 11.6 Å². The van der Waals surface area contributed by atoms with Crippen LogP contribution in [0.5, 0.6) is 0 Å². The van der Waals surface area contributed by atoms with Crippen molar-refractivity contribution in [2.24, 2.45) is 0 Å². The Bertz CT molecular complexity index is 715. The van der Waals surface area contributed by atoms with E-state index in [4.69, 9.17) is 0 Å². The van der Waals surface area contributed by atoms with Gasteiger partial charge in [-0.1, -0.05) is 6.08 Å². The Kier molecular flexibility index (Phi) is 3.94. The largest absolute Gasteiger partial charge is 0.326 e. The first-order valence-corrected chi connectivity index (χ1v) is 8.01. The summed E-state index contributed by atoms with van der Waals surface area (Å²) in [7, 11) is -3.17. The molecular weight excluding hydrogens is 274 g/mol. The van der Waals surface area contributed by atoms with E-state index >= 15 is 0 Å². The molecule has 0 aliphatic heterocycles. The summed E-state index contributed by atoms with van der Waals surface area (Å²) in [5.41, 5.74) is 1.69. The highest BCUT2D eigenvalue weighted by Gasteiger charge is 2.08. The first-order valence-electron chi connectivity index (χ1n) is 6.12. The quantitative estimate of drug-likeness (QED) is 0.860. The minimum absolute atomic E-state index is 0.300. The normalized spacial score (nSPS) is 11.3. The van der Waals surface area contributed by atoms with E-state index in [2.05, 4.69) is 16.9 Å². The van der Waals surface area contributed by atoms with E-state index < -0.39 is 9.84 Å². The van der Waals surface area contributed by atoms with E-state index in [1.165, 1.54) is 6.26 Å². The Labute approximate surface area is 118 Å². The maximum absolute atomic E-state index is 11.4. The molecule has 1 heterocycles. The van der Waals surface area contributed by atoms with Gasteiger partial charge in [0.05, 0.1) is 10.6 Å². The molecule has 106 valence electrons. The van der Waals surface area contributed by atoms with Gasteiger partial charge in [0.15, 0.2) is 9.84 Å². The zero-order chi connectivity index (χ0) is 14.8. The van der Waals surface area contributed by atoms with Crippen LogP contribution >= 0.6 is 0 Å². The molecule has 0 unspecified atom stereocenters. The number of imidazole rings is 1. The van der Waals surface area contributed by atoms with Gasteiger partial charge in [0, 0.05) is 24.7 Å². The van der Waals surface area contributed by atoms with Crippen molar-refractivity contribution in [3.63, 3.8) is 0 Å². The third kappa shape index (κ3) is 3.27. The average molecular weight is 291 g/mol. The van der Waals surface area contributed by atoms with Crippen molar-refractivity contribution in [3.8, 4) is 0 Å². The van der Waals surface area contributed by atoms with Crippen LogP contribution in [-0.4, -0.2) is 24.2 Å². The van der Waals surface area contributed by atoms with Crippen molar-refractivity contribution in [1.29, 1.82) is 0 Å². The number of rotatable bonds is 5. The molecule has 2 rings (SSSR count). The molecule has 6 heteroatoms. The van der Waals surface area contributed by atoms with Crippen LogP contribution in [0, 0.1) is 6.92 Å². The summed E-state index contributed by atoms with van der Waals surface area (Å²) in [5, 5.41) is 3.17. The van der Waals surface area contributed by atoms with Gasteiger partial charge in [0.25, 0.3) is 0 Å². The standard InChI is InChI=1S/C14H17N3O2S/c1-4-9-17-10-11(2)15-14(17)16-12-5-7-13(8-6-12)20(3,18)19/h4-8,10H,1,9H2,2-3H3,(H,15,16). The van der Waals surface area contributed by atoms with Gasteiger partial charge in [-0.25, -0.2) is 13.4 Å². The summed E-state index contributed by atoms with van der Waals surface area (Å²) in [6.07, 6.45) is 4.91. The van der Waals surface area contributed by atoms with Crippen LogP contribution in [0.1, 0.15) is 5.69 Å².